The molecule has 118 valence electrons. The van der Waals surface area contributed by atoms with Crippen LogP contribution in [0.2, 0.25) is 0 Å². The fourth-order valence-electron chi connectivity index (χ4n) is 2.45. The Labute approximate surface area is 131 Å². The molecular weight excluding hydrogens is 278 g/mol. The van der Waals surface area contributed by atoms with E-state index in [0.717, 1.165) is 5.56 Å². The van der Waals surface area contributed by atoms with Crippen molar-refractivity contribution in [1.82, 2.24) is 0 Å². The van der Waals surface area contributed by atoms with Gasteiger partial charge in [0.15, 0.2) is 0 Å². The van der Waals surface area contributed by atoms with Gasteiger partial charge < -0.3 is 9.84 Å². The van der Waals surface area contributed by atoms with Gasteiger partial charge in [0.1, 0.15) is 16.9 Å². The molecule has 1 unspecified atom stereocenters. The molecule has 0 radical (unpaired) electrons. The quantitative estimate of drug-likeness (QED) is 0.854. The lowest BCUT2D eigenvalue weighted by Gasteiger charge is -2.25. The summed E-state index contributed by atoms with van der Waals surface area (Å²) in [6.45, 7) is 7.34. The van der Waals surface area contributed by atoms with Gasteiger partial charge in [-0.2, -0.15) is 0 Å². The standard InChI is InChI=1S/C18H23NO3/c1-5-13-16(17(21)22-18(2,3)4)15(20)11-14(19-13)12-9-7-6-8-10-12/h6-10,14,20H,5,11H2,1-4H3. The minimum Gasteiger partial charge on any atom is -0.511 e. The predicted molar refractivity (Wildman–Crippen MR) is 87.0 cm³/mol. The molecule has 22 heavy (non-hydrogen) atoms. The third-order valence-corrected chi connectivity index (χ3v) is 3.40. The number of hydrogen-bond acceptors (Lipinski definition) is 4. The summed E-state index contributed by atoms with van der Waals surface area (Å²) in [5.41, 5.74) is 1.26. The number of aliphatic hydroxyl groups is 1. The molecule has 1 aliphatic rings. The zero-order valence-electron chi connectivity index (χ0n) is 13.6. The lowest BCUT2D eigenvalue weighted by atomic mass is 9.94. The molecule has 0 aromatic heterocycles. The van der Waals surface area contributed by atoms with E-state index in [-0.39, 0.29) is 17.4 Å². The highest BCUT2D eigenvalue weighted by Gasteiger charge is 2.31. The lowest BCUT2D eigenvalue weighted by Crippen LogP contribution is -2.29. The van der Waals surface area contributed by atoms with Crippen LogP contribution in [0.25, 0.3) is 0 Å². The number of benzene rings is 1. The molecule has 0 amide bonds. The average molecular weight is 301 g/mol. The highest BCUT2D eigenvalue weighted by molar-refractivity contribution is 6.20. The first-order valence-electron chi connectivity index (χ1n) is 7.59. The Kier molecular flexibility index (Phi) is 4.69. The van der Waals surface area contributed by atoms with Crippen LogP contribution in [0.1, 0.15) is 52.1 Å². The van der Waals surface area contributed by atoms with Crippen LogP contribution in [0.4, 0.5) is 0 Å². The number of carbonyl (C=O) groups is 1. The van der Waals surface area contributed by atoms with Crippen LogP contribution < -0.4 is 0 Å². The number of rotatable bonds is 3. The van der Waals surface area contributed by atoms with Gasteiger partial charge in [0.25, 0.3) is 0 Å². The molecule has 1 aliphatic heterocycles. The molecular formula is C18H23NO3. The second kappa shape index (κ2) is 6.34. The van der Waals surface area contributed by atoms with Crippen molar-refractivity contribution in [2.45, 2.75) is 52.2 Å². The van der Waals surface area contributed by atoms with Gasteiger partial charge in [-0.15, -0.1) is 0 Å². The number of dihydropyridines is 1. The normalized spacial score (nSPS) is 18.9. The minimum absolute atomic E-state index is 0.0648. The predicted octanol–water partition coefficient (Wildman–Crippen LogP) is 4.14. The van der Waals surface area contributed by atoms with Gasteiger partial charge in [-0.3, -0.25) is 4.99 Å². The van der Waals surface area contributed by atoms with Gasteiger partial charge in [-0.05, 0) is 32.8 Å². The van der Waals surface area contributed by atoms with E-state index in [0.29, 0.717) is 18.6 Å². The second-order valence-corrected chi connectivity index (χ2v) is 6.38. The number of nitrogens with zero attached hydrogens (tertiary/aromatic N) is 1. The van der Waals surface area contributed by atoms with Gasteiger partial charge in [-0.25, -0.2) is 4.79 Å². The van der Waals surface area contributed by atoms with Gasteiger partial charge in [0.2, 0.25) is 0 Å². The highest BCUT2D eigenvalue weighted by atomic mass is 16.6. The summed E-state index contributed by atoms with van der Waals surface area (Å²) in [6.07, 6.45) is 0.893. The Bertz CT molecular complexity index is 609. The van der Waals surface area contributed by atoms with Crippen LogP contribution in [0, 0.1) is 0 Å². The molecule has 0 saturated heterocycles. The first-order valence-corrected chi connectivity index (χ1v) is 7.59. The SMILES string of the molecule is CCC1=NC(c2ccccc2)CC(O)=C1C(=O)OC(C)(C)C. The zero-order valence-corrected chi connectivity index (χ0v) is 13.6. The molecule has 4 heteroatoms. The van der Waals surface area contributed by atoms with Crippen molar-refractivity contribution < 1.29 is 14.6 Å². The monoisotopic (exact) mass is 301 g/mol. The summed E-state index contributed by atoms with van der Waals surface area (Å²) in [7, 11) is 0. The van der Waals surface area contributed by atoms with E-state index in [9.17, 15) is 9.90 Å². The Morgan fingerprint density at radius 1 is 1.32 bits per heavy atom. The number of hydrogen-bond donors (Lipinski definition) is 1. The molecule has 4 nitrogen and oxygen atoms in total. The molecule has 1 heterocycles. The van der Waals surface area contributed by atoms with E-state index >= 15 is 0 Å². The molecule has 1 N–H and O–H groups in total. The topological polar surface area (TPSA) is 58.9 Å². The highest BCUT2D eigenvalue weighted by Crippen LogP contribution is 2.32. The summed E-state index contributed by atoms with van der Waals surface area (Å²) < 4.78 is 5.38. The van der Waals surface area contributed by atoms with Crippen LogP contribution in [0.3, 0.4) is 0 Å². The Balaban J connectivity index is 2.30. The Morgan fingerprint density at radius 2 is 1.95 bits per heavy atom. The van der Waals surface area contributed by atoms with Crippen molar-refractivity contribution in [1.29, 1.82) is 0 Å². The summed E-state index contributed by atoms with van der Waals surface area (Å²) in [5.74, 6) is -0.438. The Hall–Kier alpha value is -2.10. The van der Waals surface area contributed by atoms with Crippen LogP contribution in [-0.2, 0) is 9.53 Å². The lowest BCUT2D eigenvalue weighted by molar-refractivity contribution is -0.149. The molecule has 0 spiro atoms. The molecule has 0 bridgehead atoms. The van der Waals surface area contributed by atoms with Crippen molar-refractivity contribution in [2.24, 2.45) is 4.99 Å². The molecule has 1 atom stereocenters. The van der Waals surface area contributed by atoms with Crippen molar-refractivity contribution in [3.05, 3.63) is 47.2 Å². The summed E-state index contributed by atoms with van der Waals surface area (Å²) in [6, 6.07) is 9.64. The van der Waals surface area contributed by atoms with Gasteiger partial charge in [0, 0.05) is 6.42 Å². The molecule has 2 rings (SSSR count). The molecule has 0 aliphatic carbocycles. The molecule has 0 saturated carbocycles. The van der Waals surface area contributed by atoms with E-state index in [4.69, 9.17) is 4.74 Å². The van der Waals surface area contributed by atoms with Gasteiger partial charge in [0.05, 0.1) is 11.8 Å². The number of esters is 1. The van der Waals surface area contributed by atoms with E-state index in [1.165, 1.54) is 0 Å². The van der Waals surface area contributed by atoms with Crippen molar-refractivity contribution >= 4 is 11.7 Å². The van der Waals surface area contributed by atoms with Crippen molar-refractivity contribution in [2.75, 3.05) is 0 Å². The smallest absolute Gasteiger partial charge is 0.343 e. The van der Waals surface area contributed by atoms with Crippen LogP contribution >= 0.6 is 0 Å². The second-order valence-electron chi connectivity index (χ2n) is 6.38. The first-order chi connectivity index (χ1) is 10.3. The van der Waals surface area contributed by atoms with E-state index < -0.39 is 11.6 Å². The first kappa shape index (κ1) is 16.3. The number of aliphatic imine (C=N–C) groups is 1. The van der Waals surface area contributed by atoms with Crippen LogP contribution in [0.15, 0.2) is 46.7 Å². The maximum Gasteiger partial charge on any atom is 0.343 e. The molecule has 0 fully saturated rings. The number of carbonyl (C=O) groups excluding carboxylic acids is 1. The average Bonchev–Trinajstić information content (AvgIpc) is 2.45. The van der Waals surface area contributed by atoms with Crippen LogP contribution in [0.5, 0.6) is 0 Å². The largest absolute Gasteiger partial charge is 0.511 e. The van der Waals surface area contributed by atoms with E-state index in [2.05, 4.69) is 4.99 Å². The maximum atomic E-state index is 12.3. The van der Waals surface area contributed by atoms with Gasteiger partial charge >= 0.3 is 5.97 Å². The summed E-state index contributed by atoms with van der Waals surface area (Å²) in [5, 5.41) is 10.4. The number of ether oxygens (including phenoxy) is 1. The van der Waals surface area contributed by atoms with E-state index in [1.807, 2.05) is 37.3 Å². The van der Waals surface area contributed by atoms with Crippen molar-refractivity contribution in [3.63, 3.8) is 0 Å². The fourth-order valence-corrected chi connectivity index (χ4v) is 2.45. The summed E-state index contributed by atoms with van der Waals surface area (Å²) >= 11 is 0. The maximum absolute atomic E-state index is 12.3. The van der Waals surface area contributed by atoms with E-state index in [1.54, 1.807) is 20.8 Å². The molecule has 1 aromatic rings. The van der Waals surface area contributed by atoms with Crippen LogP contribution in [-0.4, -0.2) is 22.4 Å². The van der Waals surface area contributed by atoms with Crippen molar-refractivity contribution in [3.8, 4) is 0 Å². The van der Waals surface area contributed by atoms with Gasteiger partial charge in [-0.1, -0.05) is 37.3 Å². The molecule has 1 aromatic carbocycles. The Morgan fingerprint density at radius 3 is 2.50 bits per heavy atom. The minimum atomic E-state index is -0.598. The fraction of sp³-hybridized carbons (Fsp3) is 0.444. The zero-order chi connectivity index (χ0) is 16.3. The third kappa shape index (κ3) is 3.75. The summed E-state index contributed by atoms with van der Waals surface area (Å²) in [4.78, 5) is 17.0. The third-order valence-electron chi connectivity index (χ3n) is 3.40. The number of aliphatic hydroxyl groups excluding tert-OH is 1.